The maximum Gasteiger partial charge on any atom is 0.330 e. The maximum atomic E-state index is 13.5. The fourth-order valence-electron chi connectivity index (χ4n) is 12.2. The summed E-state index contributed by atoms with van der Waals surface area (Å²) in [6.07, 6.45) is 12.7. The van der Waals surface area contributed by atoms with Crippen molar-refractivity contribution in [3.05, 3.63) is 41.5 Å². The molecule has 5 aliphatic carbocycles. The van der Waals surface area contributed by atoms with Crippen molar-refractivity contribution in [3.63, 3.8) is 0 Å². The molecule has 0 aliphatic heterocycles. The van der Waals surface area contributed by atoms with Crippen LogP contribution in [0.2, 0.25) is 0 Å². The van der Waals surface area contributed by atoms with Crippen LogP contribution < -0.4 is 4.74 Å². The summed E-state index contributed by atoms with van der Waals surface area (Å²) < 4.78 is 11.5. The summed E-state index contributed by atoms with van der Waals surface area (Å²) in [4.78, 5) is 26.7. The van der Waals surface area contributed by atoms with E-state index >= 15 is 0 Å². The zero-order chi connectivity index (χ0) is 34.2. The molecule has 6 rings (SSSR count). The second-order valence-electron chi connectivity index (χ2n) is 17.1. The van der Waals surface area contributed by atoms with Gasteiger partial charge in [-0.25, -0.2) is 4.79 Å². The van der Waals surface area contributed by atoms with Crippen molar-refractivity contribution in [1.82, 2.24) is 0 Å². The number of carboxylic acid groups (broad SMARTS) is 1. The number of hydrogen-bond donors (Lipinski definition) is 3. The molecule has 0 spiro atoms. The first-order valence-corrected chi connectivity index (χ1v) is 17.9. The van der Waals surface area contributed by atoms with Crippen LogP contribution in [0.1, 0.15) is 105 Å². The van der Waals surface area contributed by atoms with Crippen molar-refractivity contribution < 1.29 is 34.4 Å². The molecule has 0 amide bonds. The minimum absolute atomic E-state index is 0.0133. The molecule has 3 unspecified atom stereocenters. The van der Waals surface area contributed by atoms with Crippen LogP contribution in [0.4, 0.5) is 0 Å². The molecule has 0 bridgehead atoms. The molecule has 258 valence electrons. The Balaban J connectivity index is 1.40. The van der Waals surface area contributed by atoms with Crippen LogP contribution in [-0.4, -0.2) is 47.1 Å². The Kier molecular flexibility index (Phi) is 8.46. The zero-order valence-corrected chi connectivity index (χ0v) is 29.5. The number of esters is 1. The van der Waals surface area contributed by atoms with Crippen molar-refractivity contribution in [3.8, 4) is 11.5 Å². The minimum Gasteiger partial charge on any atom is -0.504 e. The van der Waals surface area contributed by atoms with Gasteiger partial charge in [-0.1, -0.05) is 59.3 Å². The molecule has 0 aromatic heterocycles. The van der Waals surface area contributed by atoms with Crippen molar-refractivity contribution in [2.75, 3.05) is 13.7 Å². The van der Waals surface area contributed by atoms with E-state index in [0.717, 1.165) is 38.5 Å². The van der Waals surface area contributed by atoms with Gasteiger partial charge in [-0.3, -0.25) is 4.79 Å². The normalized spacial score (nSPS) is 42.3. The number of phenols is 1. The summed E-state index contributed by atoms with van der Waals surface area (Å²) in [5.41, 5.74) is 0.329. The average Bonchev–Trinajstić information content (AvgIpc) is 3.03. The number of phenolic OH excluding ortho intramolecular Hbond substituents is 1. The van der Waals surface area contributed by atoms with Crippen LogP contribution in [0, 0.1) is 56.7 Å². The number of allylic oxidation sites excluding steroid dienone is 1. The lowest BCUT2D eigenvalue weighted by Crippen LogP contribution is -2.67. The SMILES string of the molecule is COc1cc(/C=C/C(=O)OC[C@]23CC[C@@]4(C(=O)O)CC[C@H](C)[C@H](C)C4C2=CCC2[C@@]4(C)CC[C@H](O)C(C)(C)C4CC[C@]23C)ccc1O. The quantitative estimate of drug-likeness (QED) is 0.163. The summed E-state index contributed by atoms with van der Waals surface area (Å²) in [5, 5.41) is 32.0. The lowest BCUT2D eigenvalue weighted by atomic mass is 9.33. The molecule has 0 heterocycles. The van der Waals surface area contributed by atoms with Crippen molar-refractivity contribution >= 4 is 18.0 Å². The van der Waals surface area contributed by atoms with E-state index in [4.69, 9.17) is 9.47 Å². The number of fused-ring (bicyclic) bond motifs is 7. The van der Waals surface area contributed by atoms with Crippen LogP contribution in [0.3, 0.4) is 0 Å². The van der Waals surface area contributed by atoms with Crippen molar-refractivity contribution in [2.45, 2.75) is 105 Å². The molecule has 10 atom stereocenters. The minimum atomic E-state index is -0.787. The third-order valence-corrected chi connectivity index (χ3v) is 15.1. The van der Waals surface area contributed by atoms with E-state index in [9.17, 15) is 24.9 Å². The van der Waals surface area contributed by atoms with Gasteiger partial charge >= 0.3 is 11.9 Å². The van der Waals surface area contributed by atoms with E-state index in [0.29, 0.717) is 48.3 Å². The van der Waals surface area contributed by atoms with Crippen LogP contribution in [0.25, 0.3) is 6.08 Å². The van der Waals surface area contributed by atoms with E-state index < -0.39 is 22.8 Å². The Hall–Kier alpha value is -2.80. The third-order valence-electron chi connectivity index (χ3n) is 15.1. The lowest BCUT2D eigenvalue weighted by Gasteiger charge is -2.71. The number of carboxylic acids is 1. The fourth-order valence-corrected chi connectivity index (χ4v) is 12.2. The number of aliphatic hydroxyl groups excluding tert-OH is 1. The van der Waals surface area contributed by atoms with Crippen LogP contribution >= 0.6 is 0 Å². The Morgan fingerprint density at radius 3 is 2.43 bits per heavy atom. The molecule has 7 heteroatoms. The molecule has 47 heavy (non-hydrogen) atoms. The largest absolute Gasteiger partial charge is 0.504 e. The number of aliphatic hydroxyl groups is 1. The first-order valence-electron chi connectivity index (χ1n) is 17.9. The number of carbonyl (C=O) groups excluding carboxylic acids is 1. The standard InChI is InChI=1S/C40H56O7/c1-24-14-19-39(35(44)45)20-21-40(23-47-33(43)13-9-26-8-11-28(41)29(22-26)46-7)27(34(39)25(24)2)10-12-31-37(5)17-16-32(42)36(3,4)30(37)15-18-38(31,40)6/h8-11,13,22,24-25,30-32,34,41-42H,12,14-21,23H2,1-7H3,(H,44,45)/b13-9+/t24-,25-,30?,31?,32-,34?,37-,38+,39-,40+/m0/s1. The topological polar surface area (TPSA) is 113 Å². The number of hydrogen-bond acceptors (Lipinski definition) is 6. The number of ether oxygens (including phenoxy) is 2. The van der Waals surface area contributed by atoms with E-state index in [2.05, 4.69) is 47.6 Å². The van der Waals surface area contributed by atoms with Gasteiger partial charge in [-0.2, -0.15) is 0 Å². The van der Waals surface area contributed by atoms with Gasteiger partial charge in [0.1, 0.15) is 6.61 Å². The number of carbonyl (C=O) groups is 2. The molecule has 4 saturated carbocycles. The molecule has 0 radical (unpaired) electrons. The highest BCUT2D eigenvalue weighted by atomic mass is 16.5. The van der Waals surface area contributed by atoms with E-state index in [1.165, 1.54) is 24.8 Å². The van der Waals surface area contributed by atoms with Crippen LogP contribution in [0.15, 0.2) is 35.9 Å². The Labute approximate surface area is 280 Å². The summed E-state index contributed by atoms with van der Waals surface area (Å²) in [6, 6.07) is 4.92. The van der Waals surface area contributed by atoms with Crippen molar-refractivity contribution in [2.24, 2.45) is 56.7 Å². The molecule has 5 aliphatic rings. The summed E-state index contributed by atoms with van der Waals surface area (Å²) >= 11 is 0. The summed E-state index contributed by atoms with van der Waals surface area (Å²) in [5.74, 6) is 0.499. The number of methoxy groups -OCH3 is 1. The third kappa shape index (κ3) is 4.91. The van der Waals surface area contributed by atoms with E-state index in [-0.39, 0.29) is 46.5 Å². The average molecular weight is 649 g/mol. The number of aromatic hydroxyl groups is 1. The van der Waals surface area contributed by atoms with Gasteiger partial charge in [0.15, 0.2) is 11.5 Å². The second kappa shape index (κ2) is 11.7. The highest BCUT2D eigenvalue weighted by Crippen LogP contribution is 2.76. The first-order chi connectivity index (χ1) is 22.1. The van der Waals surface area contributed by atoms with E-state index in [1.54, 1.807) is 18.2 Å². The molecule has 1 aromatic rings. The molecule has 4 fully saturated rings. The number of aliphatic carboxylic acids is 1. The van der Waals surface area contributed by atoms with E-state index in [1.807, 2.05) is 0 Å². The monoisotopic (exact) mass is 648 g/mol. The molecular weight excluding hydrogens is 592 g/mol. The van der Waals surface area contributed by atoms with Crippen LogP contribution in [-0.2, 0) is 14.3 Å². The zero-order valence-electron chi connectivity index (χ0n) is 29.5. The van der Waals surface area contributed by atoms with Gasteiger partial charge in [0, 0.05) is 11.5 Å². The predicted molar refractivity (Wildman–Crippen MR) is 182 cm³/mol. The van der Waals surface area contributed by atoms with Gasteiger partial charge in [-0.15, -0.1) is 0 Å². The molecule has 7 nitrogen and oxygen atoms in total. The second-order valence-corrected chi connectivity index (χ2v) is 17.1. The molecular formula is C40H56O7. The number of rotatable bonds is 6. The van der Waals surface area contributed by atoms with Gasteiger partial charge in [-0.05, 0) is 127 Å². The maximum absolute atomic E-state index is 13.5. The Bertz CT molecular complexity index is 1480. The smallest absolute Gasteiger partial charge is 0.330 e. The lowest BCUT2D eigenvalue weighted by molar-refractivity contribution is -0.218. The Morgan fingerprint density at radius 2 is 1.72 bits per heavy atom. The fraction of sp³-hybridized carbons (Fsp3) is 0.700. The molecule has 3 N–H and O–H groups in total. The predicted octanol–water partition coefficient (Wildman–Crippen LogP) is 8.04. The number of benzene rings is 1. The van der Waals surface area contributed by atoms with Crippen molar-refractivity contribution in [1.29, 1.82) is 0 Å². The van der Waals surface area contributed by atoms with Gasteiger partial charge < -0.3 is 24.8 Å². The summed E-state index contributed by atoms with van der Waals surface area (Å²) in [7, 11) is 1.49. The van der Waals surface area contributed by atoms with Gasteiger partial charge in [0.05, 0.1) is 18.6 Å². The molecule has 0 saturated heterocycles. The first kappa shape index (κ1) is 34.1. The van der Waals surface area contributed by atoms with Crippen LogP contribution in [0.5, 0.6) is 11.5 Å². The highest BCUT2D eigenvalue weighted by Gasteiger charge is 2.71. The highest BCUT2D eigenvalue weighted by molar-refractivity contribution is 5.87. The Morgan fingerprint density at radius 1 is 0.979 bits per heavy atom. The molecule has 1 aromatic carbocycles. The summed E-state index contributed by atoms with van der Waals surface area (Å²) in [6.45, 7) is 14.1. The van der Waals surface area contributed by atoms with Gasteiger partial charge in [0.25, 0.3) is 0 Å². The van der Waals surface area contributed by atoms with Gasteiger partial charge in [0.2, 0.25) is 0 Å².